The molecule has 0 atom stereocenters. The Hall–Kier alpha value is -2.15. The minimum absolute atomic E-state index is 1.01. The van der Waals surface area contributed by atoms with Crippen molar-refractivity contribution in [2.24, 2.45) is 0 Å². The molecule has 0 N–H and O–H groups in total. The standard InChI is InChI=1S/C19H18N/c1-2-20-13-12-16-8-5-7-15-11-10-14-6-3-4-9-17(14)19(20)18(15)16/h3-9,12-13H,2,10-11H2,1H3/q+1. The second-order valence-corrected chi connectivity index (χ2v) is 5.49. The summed E-state index contributed by atoms with van der Waals surface area (Å²) in [6.45, 7) is 3.23. The smallest absolute Gasteiger partial charge is 0.198 e. The Labute approximate surface area is 119 Å². The van der Waals surface area contributed by atoms with Gasteiger partial charge in [0.05, 0.1) is 10.9 Å². The zero-order chi connectivity index (χ0) is 13.5. The van der Waals surface area contributed by atoms with E-state index in [-0.39, 0.29) is 0 Å². The average molecular weight is 260 g/mol. The largest absolute Gasteiger partial charge is 0.220 e. The van der Waals surface area contributed by atoms with Crippen LogP contribution in [0.2, 0.25) is 0 Å². The highest BCUT2D eigenvalue weighted by Crippen LogP contribution is 2.34. The average Bonchev–Trinajstić information content (AvgIpc) is 2.68. The fourth-order valence-electron chi connectivity index (χ4n) is 3.44. The van der Waals surface area contributed by atoms with E-state index in [1.165, 1.54) is 33.2 Å². The van der Waals surface area contributed by atoms with E-state index in [0.717, 1.165) is 19.4 Å². The number of fused-ring (bicyclic) bond motifs is 2. The third kappa shape index (κ3) is 1.59. The second-order valence-electron chi connectivity index (χ2n) is 5.49. The van der Waals surface area contributed by atoms with Gasteiger partial charge in [0.1, 0.15) is 6.54 Å². The molecule has 1 heterocycles. The van der Waals surface area contributed by atoms with Gasteiger partial charge in [-0.25, -0.2) is 0 Å². The summed E-state index contributed by atoms with van der Waals surface area (Å²) in [4.78, 5) is 0. The molecule has 2 aromatic carbocycles. The number of hydrogen-bond acceptors (Lipinski definition) is 0. The van der Waals surface area contributed by atoms with Crippen LogP contribution in [0.5, 0.6) is 0 Å². The van der Waals surface area contributed by atoms with E-state index in [1.54, 1.807) is 0 Å². The van der Waals surface area contributed by atoms with Crippen molar-refractivity contribution < 1.29 is 4.57 Å². The van der Waals surface area contributed by atoms with E-state index in [9.17, 15) is 0 Å². The molecule has 1 aliphatic rings. The Morgan fingerprint density at radius 2 is 1.70 bits per heavy atom. The number of pyridine rings is 1. The van der Waals surface area contributed by atoms with Gasteiger partial charge < -0.3 is 0 Å². The van der Waals surface area contributed by atoms with E-state index >= 15 is 0 Å². The second kappa shape index (κ2) is 4.45. The number of hydrogen-bond donors (Lipinski definition) is 0. The van der Waals surface area contributed by atoms with E-state index < -0.39 is 0 Å². The Balaban J connectivity index is 2.20. The van der Waals surface area contributed by atoms with Crippen molar-refractivity contribution in [1.82, 2.24) is 0 Å². The van der Waals surface area contributed by atoms with Gasteiger partial charge in [0.2, 0.25) is 5.69 Å². The quantitative estimate of drug-likeness (QED) is 0.584. The first kappa shape index (κ1) is 11.7. The van der Waals surface area contributed by atoms with E-state index in [1.807, 2.05) is 0 Å². The van der Waals surface area contributed by atoms with Gasteiger partial charge in [0.15, 0.2) is 6.20 Å². The zero-order valence-corrected chi connectivity index (χ0v) is 11.8. The molecule has 0 fully saturated rings. The lowest BCUT2D eigenvalue weighted by Crippen LogP contribution is -2.34. The Morgan fingerprint density at radius 3 is 2.60 bits per heavy atom. The molecule has 0 bridgehead atoms. The van der Waals surface area contributed by atoms with Gasteiger partial charge >= 0.3 is 0 Å². The van der Waals surface area contributed by atoms with Crippen LogP contribution in [0.25, 0.3) is 22.0 Å². The summed E-state index contributed by atoms with van der Waals surface area (Å²) in [5.74, 6) is 0. The number of aryl methyl sites for hydroxylation is 3. The van der Waals surface area contributed by atoms with Gasteiger partial charge in [0, 0.05) is 6.07 Å². The third-order valence-electron chi connectivity index (χ3n) is 4.42. The highest BCUT2D eigenvalue weighted by Gasteiger charge is 2.23. The maximum absolute atomic E-state index is 2.38. The molecule has 3 aromatic rings. The SMILES string of the molecule is CC[n+]1ccc2cccc3c2c1-c1ccccc1CC3. The number of aromatic nitrogens is 1. The molecular formula is C19H18N+. The highest BCUT2D eigenvalue weighted by atomic mass is 14.9. The molecule has 0 amide bonds. The molecule has 0 saturated heterocycles. The highest BCUT2D eigenvalue weighted by molar-refractivity contribution is 5.96. The number of benzene rings is 2. The number of nitrogens with zero attached hydrogens (tertiary/aromatic N) is 1. The summed E-state index contributed by atoms with van der Waals surface area (Å²) in [7, 11) is 0. The van der Waals surface area contributed by atoms with E-state index in [0.29, 0.717) is 0 Å². The zero-order valence-electron chi connectivity index (χ0n) is 11.8. The van der Waals surface area contributed by atoms with Crippen molar-refractivity contribution in [1.29, 1.82) is 0 Å². The first-order chi connectivity index (χ1) is 9.88. The molecule has 0 spiro atoms. The van der Waals surface area contributed by atoms with Crippen LogP contribution < -0.4 is 4.57 Å². The van der Waals surface area contributed by atoms with Crippen molar-refractivity contribution in [2.75, 3.05) is 0 Å². The fourth-order valence-corrected chi connectivity index (χ4v) is 3.44. The number of rotatable bonds is 1. The first-order valence-electron chi connectivity index (χ1n) is 7.41. The van der Waals surface area contributed by atoms with Crippen LogP contribution >= 0.6 is 0 Å². The minimum Gasteiger partial charge on any atom is -0.198 e. The fraction of sp³-hybridized carbons (Fsp3) is 0.211. The van der Waals surface area contributed by atoms with Gasteiger partial charge in [-0.15, -0.1) is 0 Å². The molecule has 20 heavy (non-hydrogen) atoms. The van der Waals surface area contributed by atoms with Crippen molar-refractivity contribution in [3.8, 4) is 11.3 Å². The van der Waals surface area contributed by atoms with Crippen LogP contribution in [-0.2, 0) is 19.4 Å². The van der Waals surface area contributed by atoms with Gasteiger partial charge in [-0.05, 0) is 42.3 Å². The van der Waals surface area contributed by atoms with Crippen LogP contribution in [0.15, 0.2) is 54.7 Å². The molecule has 1 nitrogen and oxygen atoms in total. The Bertz CT molecular complexity index is 802. The monoisotopic (exact) mass is 260 g/mol. The van der Waals surface area contributed by atoms with Gasteiger partial charge in [-0.2, -0.15) is 4.57 Å². The van der Waals surface area contributed by atoms with Gasteiger partial charge in [-0.3, -0.25) is 0 Å². The molecule has 98 valence electrons. The minimum atomic E-state index is 1.01. The summed E-state index contributed by atoms with van der Waals surface area (Å²) in [6.07, 6.45) is 4.49. The van der Waals surface area contributed by atoms with Crippen LogP contribution in [-0.4, -0.2) is 0 Å². The lowest BCUT2D eigenvalue weighted by Gasteiger charge is -2.08. The lowest BCUT2D eigenvalue weighted by atomic mass is 9.99. The maximum atomic E-state index is 2.38. The molecule has 0 radical (unpaired) electrons. The van der Waals surface area contributed by atoms with E-state index in [2.05, 4.69) is 66.2 Å². The molecule has 0 saturated carbocycles. The molecule has 1 aliphatic carbocycles. The molecule has 0 unspecified atom stereocenters. The van der Waals surface area contributed by atoms with Crippen LogP contribution in [0.1, 0.15) is 18.1 Å². The predicted molar refractivity (Wildman–Crippen MR) is 82.7 cm³/mol. The Kier molecular flexibility index (Phi) is 2.59. The molecule has 1 aromatic heterocycles. The predicted octanol–water partition coefficient (Wildman–Crippen LogP) is 3.91. The van der Waals surface area contributed by atoms with Gasteiger partial charge in [-0.1, -0.05) is 36.4 Å². The molecule has 0 aliphatic heterocycles. The van der Waals surface area contributed by atoms with Crippen molar-refractivity contribution >= 4 is 10.8 Å². The molecule has 4 rings (SSSR count). The summed E-state index contributed by atoms with van der Waals surface area (Å²) in [6, 6.07) is 17.8. The maximum Gasteiger partial charge on any atom is 0.220 e. The van der Waals surface area contributed by atoms with Gasteiger partial charge in [0.25, 0.3) is 0 Å². The van der Waals surface area contributed by atoms with E-state index in [4.69, 9.17) is 0 Å². The third-order valence-corrected chi connectivity index (χ3v) is 4.42. The normalized spacial score (nSPS) is 13.1. The first-order valence-corrected chi connectivity index (χ1v) is 7.41. The summed E-state index contributed by atoms with van der Waals surface area (Å²) in [5, 5.41) is 2.81. The summed E-state index contributed by atoms with van der Waals surface area (Å²) >= 11 is 0. The molecular weight excluding hydrogens is 242 g/mol. The van der Waals surface area contributed by atoms with Crippen LogP contribution in [0, 0.1) is 0 Å². The van der Waals surface area contributed by atoms with Crippen LogP contribution in [0.3, 0.4) is 0 Å². The summed E-state index contributed by atoms with van der Waals surface area (Å²) in [5.41, 5.74) is 5.76. The van der Waals surface area contributed by atoms with Crippen molar-refractivity contribution in [2.45, 2.75) is 26.3 Å². The van der Waals surface area contributed by atoms with Crippen molar-refractivity contribution in [3.63, 3.8) is 0 Å². The van der Waals surface area contributed by atoms with Crippen LogP contribution in [0.4, 0.5) is 0 Å². The summed E-state index contributed by atoms with van der Waals surface area (Å²) < 4.78 is 2.38. The Morgan fingerprint density at radius 1 is 0.900 bits per heavy atom. The lowest BCUT2D eigenvalue weighted by molar-refractivity contribution is -0.681. The van der Waals surface area contributed by atoms with Crippen molar-refractivity contribution in [3.05, 3.63) is 65.9 Å². The molecule has 1 heteroatoms. The topological polar surface area (TPSA) is 3.88 Å².